The SMILES string of the molecule is Cc1cnc(C(=O)NCCC(C)c2ccccc2)cc1C. The van der Waals surface area contributed by atoms with Gasteiger partial charge in [0.05, 0.1) is 0 Å². The third kappa shape index (κ3) is 4.15. The Kier molecular flexibility index (Phi) is 5.09. The third-order valence-corrected chi connectivity index (χ3v) is 3.84. The molecule has 2 rings (SSSR count). The number of nitrogens with one attached hydrogen (secondary N) is 1. The van der Waals surface area contributed by atoms with E-state index in [1.165, 1.54) is 5.56 Å². The number of hydrogen-bond donors (Lipinski definition) is 1. The van der Waals surface area contributed by atoms with Crippen molar-refractivity contribution in [1.82, 2.24) is 10.3 Å². The van der Waals surface area contributed by atoms with Gasteiger partial charge in [-0.25, -0.2) is 0 Å². The Morgan fingerprint density at radius 2 is 1.90 bits per heavy atom. The molecule has 0 aliphatic carbocycles. The Morgan fingerprint density at radius 3 is 2.57 bits per heavy atom. The summed E-state index contributed by atoms with van der Waals surface area (Å²) in [5.74, 6) is 0.331. The first-order chi connectivity index (χ1) is 10.1. The molecule has 0 bridgehead atoms. The number of hydrogen-bond acceptors (Lipinski definition) is 2. The maximum Gasteiger partial charge on any atom is 0.269 e. The molecule has 110 valence electrons. The zero-order chi connectivity index (χ0) is 15.2. The minimum atomic E-state index is -0.0987. The van der Waals surface area contributed by atoms with Crippen LogP contribution in [0.15, 0.2) is 42.6 Å². The van der Waals surface area contributed by atoms with Gasteiger partial charge in [-0.15, -0.1) is 0 Å². The topological polar surface area (TPSA) is 42.0 Å². The molecule has 1 heterocycles. The summed E-state index contributed by atoms with van der Waals surface area (Å²) in [6, 6.07) is 12.2. The van der Waals surface area contributed by atoms with E-state index in [1.807, 2.05) is 38.1 Å². The van der Waals surface area contributed by atoms with E-state index in [1.54, 1.807) is 6.20 Å². The van der Waals surface area contributed by atoms with Gasteiger partial charge >= 0.3 is 0 Å². The number of aromatic nitrogens is 1. The van der Waals surface area contributed by atoms with E-state index in [0.29, 0.717) is 18.2 Å². The minimum absolute atomic E-state index is 0.0987. The first kappa shape index (κ1) is 15.2. The van der Waals surface area contributed by atoms with Crippen LogP contribution in [0.4, 0.5) is 0 Å². The standard InChI is InChI=1S/C18H22N2O/c1-13(16-7-5-4-6-8-16)9-10-19-18(21)17-11-14(2)15(3)12-20-17/h4-8,11-13H,9-10H2,1-3H3,(H,19,21). The summed E-state index contributed by atoms with van der Waals surface area (Å²) in [5.41, 5.74) is 3.98. The second-order valence-corrected chi connectivity index (χ2v) is 5.51. The molecule has 3 heteroatoms. The van der Waals surface area contributed by atoms with Crippen molar-refractivity contribution in [2.75, 3.05) is 6.54 Å². The molecule has 0 aliphatic heterocycles. The molecule has 1 amide bonds. The highest BCUT2D eigenvalue weighted by Crippen LogP contribution is 2.17. The van der Waals surface area contributed by atoms with Crippen molar-refractivity contribution in [2.45, 2.75) is 33.1 Å². The van der Waals surface area contributed by atoms with E-state index in [0.717, 1.165) is 17.5 Å². The molecule has 1 atom stereocenters. The lowest BCUT2D eigenvalue weighted by atomic mass is 9.98. The van der Waals surface area contributed by atoms with Crippen LogP contribution in [0.3, 0.4) is 0 Å². The number of benzene rings is 1. The average Bonchev–Trinajstić information content (AvgIpc) is 2.50. The first-order valence-corrected chi connectivity index (χ1v) is 7.34. The molecule has 3 nitrogen and oxygen atoms in total. The Bertz CT molecular complexity index is 608. The Morgan fingerprint density at radius 1 is 1.19 bits per heavy atom. The molecule has 1 unspecified atom stereocenters. The van der Waals surface area contributed by atoms with Crippen LogP contribution in [0.5, 0.6) is 0 Å². The molecule has 2 aromatic rings. The van der Waals surface area contributed by atoms with Gasteiger partial charge in [0.15, 0.2) is 0 Å². The fourth-order valence-electron chi connectivity index (χ4n) is 2.19. The molecule has 0 saturated heterocycles. The van der Waals surface area contributed by atoms with Crippen LogP contribution in [0, 0.1) is 13.8 Å². The lowest BCUT2D eigenvalue weighted by Gasteiger charge is -2.12. The number of pyridine rings is 1. The molecule has 0 saturated carbocycles. The number of carbonyl (C=O) groups excluding carboxylic acids is 1. The number of carbonyl (C=O) groups is 1. The fourth-order valence-corrected chi connectivity index (χ4v) is 2.19. The molecule has 1 aromatic carbocycles. The molecular weight excluding hydrogens is 260 g/mol. The highest BCUT2D eigenvalue weighted by atomic mass is 16.1. The molecule has 1 aromatic heterocycles. The third-order valence-electron chi connectivity index (χ3n) is 3.84. The predicted molar refractivity (Wildman–Crippen MR) is 85.5 cm³/mol. The van der Waals surface area contributed by atoms with Crippen LogP contribution in [0.25, 0.3) is 0 Å². The minimum Gasteiger partial charge on any atom is -0.351 e. The smallest absolute Gasteiger partial charge is 0.269 e. The van der Waals surface area contributed by atoms with Crippen molar-refractivity contribution in [2.24, 2.45) is 0 Å². The lowest BCUT2D eigenvalue weighted by molar-refractivity contribution is 0.0947. The summed E-state index contributed by atoms with van der Waals surface area (Å²) < 4.78 is 0. The Labute approximate surface area is 126 Å². The van der Waals surface area contributed by atoms with E-state index < -0.39 is 0 Å². The number of nitrogens with zero attached hydrogens (tertiary/aromatic N) is 1. The van der Waals surface area contributed by atoms with Crippen molar-refractivity contribution in [3.05, 3.63) is 65.0 Å². The largest absolute Gasteiger partial charge is 0.351 e. The molecule has 21 heavy (non-hydrogen) atoms. The second-order valence-electron chi connectivity index (χ2n) is 5.51. The van der Waals surface area contributed by atoms with Crippen molar-refractivity contribution in [1.29, 1.82) is 0 Å². The Balaban J connectivity index is 1.85. The van der Waals surface area contributed by atoms with Gasteiger partial charge in [-0.05, 0) is 48.9 Å². The Hall–Kier alpha value is -2.16. The van der Waals surface area contributed by atoms with Gasteiger partial charge in [0.1, 0.15) is 5.69 Å². The highest BCUT2D eigenvalue weighted by Gasteiger charge is 2.09. The zero-order valence-electron chi connectivity index (χ0n) is 12.9. The van der Waals surface area contributed by atoms with Gasteiger partial charge in [0.2, 0.25) is 0 Å². The summed E-state index contributed by atoms with van der Waals surface area (Å²) >= 11 is 0. The first-order valence-electron chi connectivity index (χ1n) is 7.34. The molecule has 1 N–H and O–H groups in total. The molecular formula is C18H22N2O. The molecule has 0 fully saturated rings. The maximum atomic E-state index is 12.1. The van der Waals surface area contributed by atoms with Crippen LogP contribution in [0.1, 0.15) is 46.4 Å². The van der Waals surface area contributed by atoms with Crippen molar-refractivity contribution < 1.29 is 4.79 Å². The number of amides is 1. The fraction of sp³-hybridized carbons (Fsp3) is 0.333. The van der Waals surface area contributed by atoms with Gasteiger partial charge in [-0.1, -0.05) is 37.3 Å². The predicted octanol–water partition coefficient (Wildman–Crippen LogP) is 3.62. The summed E-state index contributed by atoms with van der Waals surface area (Å²) in [5, 5.41) is 2.94. The van der Waals surface area contributed by atoms with E-state index in [-0.39, 0.29) is 5.91 Å². The quantitative estimate of drug-likeness (QED) is 0.910. The van der Waals surface area contributed by atoms with Crippen LogP contribution in [-0.4, -0.2) is 17.4 Å². The summed E-state index contributed by atoms with van der Waals surface area (Å²) in [6.45, 7) is 6.82. The van der Waals surface area contributed by atoms with Crippen molar-refractivity contribution >= 4 is 5.91 Å². The summed E-state index contributed by atoms with van der Waals surface area (Å²) in [6.07, 6.45) is 2.66. The van der Waals surface area contributed by atoms with Crippen LogP contribution in [-0.2, 0) is 0 Å². The normalized spacial score (nSPS) is 12.0. The van der Waals surface area contributed by atoms with Gasteiger partial charge in [-0.2, -0.15) is 0 Å². The van der Waals surface area contributed by atoms with Crippen molar-refractivity contribution in [3.63, 3.8) is 0 Å². The van der Waals surface area contributed by atoms with Crippen LogP contribution >= 0.6 is 0 Å². The average molecular weight is 282 g/mol. The number of rotatable bonds is 5. The maximum absolute atomic E-state index is 12.1. The van der Waals surface area contributed by atoms with Crippen molar-refractivity contribution in [3.8, 4) is 0 Å². The summed E-state index contributed by atoms with van der Waals surface area (Å²) in [7, 11) is 0. The van der Waals surface area contributed by atoms with E-state index in [4.69, 9.17) is 0 Å². The van der Waals surface area contributed by atoms with Crippen LogP contribution in [0.2, 0.25) is 0 Å². The van der Waals surface area contributed by atoms with Gasteiger partial charge < -0.3 is 5.32 Å². The highest BCUT2D eigenvalue weighted by molar-refractivity contribution is 5.92. The monoisotopic (exact) mass is 282 g/mol. The van der Waals surface area contributed by atoms with E-state index >= 15 is 0 Å². The van der Waals surface area contributed by atoms with E-state index in [2.05, 4.69) is 29.4 Å². The lowest BCUT2D eigenvalue weighted by Crippen LogP contribution is -2.26. The van der Waals surface area contributed by atoms with Gasteiger partial charge in [0.25, 0.3) is 5.91 Å². The number of aryl methyl sites for hydroxylation is 2. The van der Waals surface area contributed by atoms with Gasteiger partial charge in [0, 0.05) is 12.7 Å². The molecule has 0 aliphatic rings. The van der Waals surface area contributed by atoms with Gasteiger partial charge in [-0.3, -0.25) is 9.78 Å². The van der Waals surface area contributed by atoms with Crippen LogP contribution < -0.4 is 5.32 Å². The molecule has 0 radical (unpaired) electrons. The van der Waals surface area contributed by atoms with E-state index in [9.17, 15) is 4.79 Å². The summed E-state index contributed by atoms with van der Waals surface area (Å²) in [4.78, 5) is 16.2. The molecule has 0 spiro atoms. The second kappa shape index (κ2) is 7.02. The zero-order valence-corrected chi connectivity index (χ0v) is 12.9.